The zero-order chi connectivity index (χ0) is 13.1. The molecule has 0 saturated heterocycles. The molecule has 5 heteroatoms. The Kier molecular flexibility index (Phi) is 4.19. The first kappa shape index (κ1) is 13.3. The highest BCUT2D eigenvalue weighted by Gasteiger charge is 2.11. The van der Waals surface area contributed by atoms with E-state index < -0.39 is 5.82 Å². The van der Waals surface area contributed by atoms with Crippen LogP contribution in [0.15, 0.2) is 36.4 Å². The monoisotopic (exact) mass is 332 g/mol. The molecule has 0 aliphatic rings. The van der Waals surface area contributed by atoms with Crippen molar-refractivity contribution in [1.29, 1.82) is 0 Å². The second kappa shape index (κ2) is 5.67. The van der Waals surface area contributed by atoms with Crippen LogP contribution in [0.3, 0.4) is 0 Å². The van der Waals surface area contributed by atoms with Gasteiger partial charge in [-0.2, -0.15) is 0 Å². The minimum atomic E-state index is -0.452. The molecule has 0 fully saturated rings. The van der Waals surface area contributed by atoms with Gasteiger partial charge in [0.05, 0.1) is 5.02 Å². The van der Waals surface area contributed by atoms with Gasteiger partial charge in [0.1, 0.15) is 23.1 Å². The minimum absolute atomic E-state index is 0.139. The SMILES string of the molecule is Fc1ccc(Oc2cccc(F)c2CBr)c(Cl)c1. The predicted octanol–water partition coefficient (Wildman–Crippen LogP) is 5.31. The average Bonchev–Trinajstić information content (AvgIpc) is 2.33. The maximum Gasteiger partial charge on any atom is 0.146 e. The molecule has 0 amide bonds. The summed E-state index contributed by atoms with van der Waals surface area (Å²) in [4.78, 5) is 0. The molecule has 0 radical (unpaired) electrons. The van der Waals surface area contributed by atoms with Crippen LogP contribution in [0.2, 0.25) is 5.02 Å². The van der Waals surface area contributed by atoms with Gasteiger partial charge in [0.15, 0.2) is 0 Å². The third kappa shape index (κ3) is 2.82. The lowest BCUT2D eigenvalue weighted by atomic mass is 10.2. The highest BCUT2D eigenvalue weighted by Crippen LogP contribution is 2.33. The lowest BCUT2D eigenvalue weighted by Gasteiger charge is -2.11. The van der Waals surface area contributed by atoms with Crippen molar-refractivity contribution in [3.05, 3.63) is 58.6 Å². The molecule has 0 spiro atoms. The van der Waals surface area contributed by atoms with Crippen molar-refractivity contribution in [3.63, 3.8) is 0 Å². The molecule has 0 saturated carbocycles. The summed E-state index contributed by atoms with van der Waals surface area (Å²) in [5.41, 5.74) is 0.387. The van der Waals surface area contributed by atoms with E-state index >= 15 is 0 Å². The van der Waals surface area contributed by atoms with Crippen LogP contribution in [0.25, 0.3) is 0 Å². The second-order valence-corrected chi connectivity index (χ2v) is 4.49. The normalized spacial score (nSPS) is 10.4. The van der Waals surface area contributed by atoms with Gasteiger partial charge in [-0.1, -0.05) is 33.6 Å². The van der Waals surface area contributed by atoms with E-state index in [9.17, 15) is 8.78 Å². The van der Waals surface area contributed by atoms with Gasteiger partial charge in [-0.3, -0.25) is 0 Å². The van der Waals surface area contributed by atoms with Crippen molar-refractivity contribution in [2.45, 2.75) is 5.33 Å². The van der Waals surface area contributed by atoms with Gasteiger partial charge in [0, 0.05) is 10.9 Å². The second-order valence-electron chi connectivity index (χ2n) is 3.53. The van der Waals surface area contributed by atoms with Crippen molar-refractivity contribution in [2.75, 3.05) is 0 Å². The Balaban J connectivity index is 2.37. The van der Waals surface area contributed by atoms with Gasteiger partial charge in [0.2, 0.25) is 0 Å². The van der Waals surface area contributed by atoms with Gasteiger partial charge in [-0.25, -0.2) is 8.78 Å². The first-order valence-electron chi connectivity index (χ1n) is 5.08. The van der Waals surface area contributed by atoms with Crippen LogP contribution in [-0.2, 0) is 5.33 Å². The number of rotatable bonds is 3. The van der Waals surface area contributed by atoms with E-state index in [0.29, 0.717) is 16.6 Å². The summed E-state index contributed by atoms with van der Waals surface area (Å²) in [6.07, 6.45) is 0. The molecule has 0 heterocycles. The van der Waals surface area contributed by atoms with Crippen molar-refractivity contribution in [2.24, 2.45) is 0 Å². The first-order chi connectivity index (χ1) is 8.61. The molecule has 2 aromatic rings. The molecule has 2 aromatic carbocycles. The summed E-state index contributed by atoms with van der Waals surface area (Å²) in [6, 6.07) is 8.28. The van der Waals surface area contributed by atoms with Gasteiger partial charge >= 0.3 is 0 Å². The topological polar surface area (TPSA) is 9.23 Å². The van der Waals surface area contributed by atoms with Crippen molar-refractivity contribution >= 4 is 27.5 Å². The maximum atomic E-state index is 13.5. The third-order valence-corrected chi connectivity index (χ3v) is 3.18. The number of hydrogen-bond acceptors (Lipinski definition) is 1. The van der Waals surface area contributed by atoms with E-state index in [1.807, 2.05) is 0 Å². The Bertz CT molecular complexity index is 575. The average molecular weight is 334 g/mol. The molecule has 0 unspecified atom stereocenters. The highest BCUT2D eigenvalue weighted by molar-refractivity contribution is 9.08. The van der Waals surface area contributed by atoms with Crippen LogP contribution in [0.4, 0.5) is 8.78 Å². The Labute approximate surface area is 116 Å². The molecular weight excluding hydrogens is 325 g/mol. The van der Waals surface area contributed by atoms with E-state index in [1.54, 1.807) is 6.07 Å². The number of halogens is 4. The van der Waals surface area contributed by atoms with Crippen molar-refractivity contribution in [3.8, 4) is 11.5 Å². The summed E-state index contributed by atoms with van der Waals surface area (Å²) >= 11 is 9.03. The van der Waals surface area contributed by atoms with E-state index in [4.69, 9.17) is 16.3 Å². The van der Waals surface area contributed by atoms with Gasteiger partial charge in [-0.15, -0.1) is 0 Å². The molecule has 2 rings (SSSR count). The van der Waals surface area contributed by atoms with Crippen molar-refractivity contribution < 1.29 is 13.5 Å². The van der Waals surface area contributed by atoms with Crippen molar-refractivity contribution in [1.82, 2.24) is 0 Å². The zero-order valence-electron chi connectivity index (χ0n) is 9.09. The molecule has 0 aliphatic carbocycles. The van der Waals surface area contributed by atoms with Crippen LogP contribution in [0.5, 0.6) is 11.5 Å². The summed E-state index contributed by atoms with van der Waals surface area (Å²) < 4.78 is 31.9. The predicted molar refractivity (Wildman–Crippen MR) is 70.5 cm³/mol. The van der Waals surface area contributed by atoms with Gasteiger partial charge in [-0.05, 0) is 30.3 Å². The van der Waals surface area contributed by atoms with E-state index in [0.717, 1.165) is 6.07 Å². The summed E-state index contributed by atoms with van der Waals surface area (Å²) in [5.74, 6) is -0.193. The summed E-state index contributed by atoms with van der Waals surface area (Å²) in [5, 5.41) is 0.452. The fourth-order valence-electron chi connectivity index (χ4n) is 1.44. The molecular formula is C13H8BrClF2O. The lowest BCUT2D eigenvalue weighted by molar-refractivity contribution is 0.469. The molecule has 0 bridgehead atoms. The molecule has 0 aliphatic heterocycles. The Hall–Kier alpha value is -1.13. The Morgan fingerprint density at radius 1 is 1.11 bits per heavy atom. The fraction of sp³-hybridized carbons (Fsp3) is 0.0769. The minimum Gasteiger partial charge on any atom is -0.455 e. The smallest absolute Gasteiger partial charge is 0.146 e. The molecule has 1 nitrogen and oxygen atoms in total. The van der Waals surface area contributed by atoms with Crippen LogP contribution >= 0.6 is 27.5 Å². The molecule has 0 aromatic heterocycles. The number of ether oxygens (including phenoxy) is 1. The van der Waals surface area contributed by atoms with Crippen LogP contribution < -0.4 is 4.74 Å². The lowest BCUT2D eigenvalue weighted by Crippen LogP contribution is -1.93. The van der Waals surface area contributed by atoms with E-state index in [1.165, 1.54) is 24.3 Å². The van der Waals surface area contributed by atoms with Gasteiger partial charge < -0.3 is 4.74 Å². The fourth-order valence-corrected chi connectivity index (χ4v) is 2.19. The maximum absolute atomic E-state index is 13.5. The number of benzene rings is 2. The quantitative estimate of drug-likeness (QED) is 0.692. The Morgan fingerprint density at radius 2 is 1.89 bits per heavy atom. The van der Waals surface area contributed by atoms with Gasteiger partial charge in [0.25, 0.3) is 0 Å². The van der Waals surface area contributed by atoms with Crippen LogP contribution in [-0.4, -0.2) is 0 Å². The van der Waals surface area contributed by atoms with Crippen LogP contribution in [0, 0.1) is 11.6 Å². The first-order valence-corrected chi connectivity index (χ1v) is 6.58. The Morgan fingerprint density at radius 3 is 2.56 bits per heavy atom. The van der Waals surface area contributed by atoms with Crippen LogP contribution in [0.1, 0.15) is 5.56 Å². The molecule has 0 atom stereocenters. The standard InChI is InChI=1S/C13H8BrClF2O/c14-7-9-11(17)2-1-3-12(9)18-13-5-4-8(16)6-10(13)15/h1-6H,7H2. The van der Waals surface area contributed by atoms with E-state index in [2.05, 4.69) is 15.9 Å². The largest absolute Gasteiger partial charge is 0.455 e. The third-order valence-electron chi connectivity index (χ3n) is 2.32. The summed E-state index contributed by atoms with van der Waals surface area (Å²) in [6.45, 7) is 0. The molecule has 18 heavy (non-hydrogen) atoms. The van der Waals surface area contributed by atoms with E-state index in [-0.39, 0.29) is 16.6 Å². The summed E-state index contributed by atoms with van der Waals surface area (Å²) in [7, 11) is 0. The molecule has 0 N–H and O–H groups in total. The highest BCUT2D eigenvalue weighted by atomic mass is 79.9. The zero-order valence-corrected chi connectivity index (χ0v) is 11.4. The molecule has 94 valence electrons. The number of alkyl halides is 1. The number of hydrogen-bond donors (Lipinski definition) is 0.